The van der Waals surface area contributed by atoms with Crippen molar-refractivity contribution in [1.29, 1.82) is 0 Å². The van der Waals surface area contributed by atoms with Crippen LogP contribution in [0.2, 0.25) is 0 Å². The number of carbonyl (C=O) groups excluding carboxylic acids is 4. The predicted molar refractivity (Wildman–Crippen MR) is 113 cm³/mol. The van der Waals surface area contributed by atoms with Crippen LogP contribution in [0, 0.1) is 0 Å². The van der Waals surface area contributed by atoms with Crippen LogP contribution in [-0.2, 0) is 30.3 Å². The van der Waals surface area contributed by atoms with Gasteiger partial charge >= 0.3 is 0 Å². The first-order valence-corrected chi connectivity index (χ1v) is 10.0. The van der Waals surface area contributed by atoms with Crippen LogP contribution < -0.4 is 11.1 Å². The molecule has 2 atom stereocenters. The van der Waals surface area contributed by atoms with E-state index < -0.39 is 23.9 Å². The highest BCUT2D eigenvalue weighted by molar-refractivity contribution is 5.93. The van der Waals surface area contributed by atoms with Crippen molar-refractivity contribution in [2.45, 2.75) is 25.4 Å². The molecular weight excluding hydrogens is 402 g/mol. The number of primary amides is 1. The minimum Gasteiger partial charge on any atom is -0.375 e. The Kier molecular flexibility index (Phi) is 6.91. The first-order valence-electron chi connectivity index (χ1n) is 10.0. The van der Waals surface area contributed by atoms with Crippen LogP contribution in [0.5, 0.6) is 0 Å². The molecule has 3 rings (SSSR count). The van der Waals surface area contributed by atoms with Crippen molar-refractivity contribution in [3.8, 4) is 0 Å². The number of aromatic nitrogens is 1. The van der Waals surface area contributed by atoms with Crippen molar-refractivity contribution < 1.29 is 23.9 Å². The zero-order valence-corrected chi connectivity index (χ0v) is 17.6. The molecule has 0 bridgehead atoms. The van der Waals surface area contributed by atoms with Crippen molar-refractivity contribution >= 4 is 34.5 Å². The summed E-state index contributed by atoms with van der Waals surface area (Å²) in [6.45, 7) is 1.78. The van der Waals surface area contributed by atoms with Gasteiger partial charge < -0.3 is 30.6 Å². The SMILES string of the molecule is COCC(=O)N1CCN(C(C)=O)C[C@H]1C(=O)N[C@H](Cc1c[nH]c2ccccc12)C(N)=O. The van der Waals surface area contributed by atoms with Gasteiger partial charge in [-0.25, -0.2) is 0 Å². The Morgan fingerprint density at radius 1 is 1.26 bits per heavy atom. The van der Waals surface area contributed by atoms with Gasteiger partial charge in [0.25, 0.3) is 0 Å². The second kappa shape index (κ2) is 9.61. The standard InChI is InChI=1S/C21H27N5O5/c1-13(27)25-7-8-26(19(28)12-31-2)18(11-25)21(30)24-17(20(22)29)9-14-10-23-16-6-4-3-5-15(14)16/h3-6,10,17-18,23H,7-9,11-12H2,1-2H3,(H2,22,29)(H,24,30)/t17-,18+/m1/s1. The number of aromatic amines is 1. The van der Waals surface area contributed by atoms with E-state index in [9.17, 15) is 19.2 Å². The topological polar surface area (TPSA) is 138 Å². The minimum absolute atomic E-state index is 0.0369. The Labute approximate surface area is 179 Å². The van der Waals surface area contributed by atoms with E-state index in [0.29, 0.717) is 6.54 Å². The van der Waals surface area contributed by atoms with Crippen molar-refractivity contribution in [1.82, 2.24) is 20.1 Å². The van der Waals surface area contributed by atoms with Gasteiger partial charge in [-0.2, -0.15) is 0 Å². The molecule has 4 amide bonds. The number of hydrogen-bond acceptors (Lipinski definition) is 5. The minimum atomic E-state index is -0.973. The number of para-hydroxylation sites is 1. The number of carbonyl (C=O) groups is 4. The molecule has 0 radical (unpaired) electrons. The summed E-state index contributed by atoms with van der Waals surface area (Å²) in [4.78, 5) is 55.5. The van der Waals surface area contributed by atoms with E-state index in [4.69, 9.17) is 10.5 Å². The molecule has 1 fully saturated rings. The Bertz CT molecular complexity index is 987. The molecule has 1 saturated heterocycles. The Morgan fingerprint density at radius 2 is 2.00 bits per heavy atom. The fourth-order valence-electron chi connectivity index (χ4n) is 3.81. The smallest absolute Gasteiger partial charge is 0.249 e. The Morgan fingerprint density at radius 3 is 2.68 bits per heavy atom. The molecule has 0 unspecified atom stereocenters. The molecule has 1 aromatic carbocycles. The number of fused-ring (bicyclic) bond motifs is 1. The molecule has 31 heavy (non-hydrogen) atoms. The second-order valence-electron chi connectivity index (χ2n) is 7.53. The summed E-state index contributed by atoms with van der Waals surface area (Å²) in [5.41, 5.74) is 7.31. The van der Waals surface area contributed by atoms with Crippen molar-refractivity contribution in [3.05, 3.63) is 36.0 Å². The van der Waals surface area contributed by atoms with Gasteiger partial charge in [-0.15, -0.1) is 0 Å². The Balaban J connectivity index is 1.78. The third-order valence-electron chi connectivity index (χ3n) is 5.48. The van der Waals surface area contributed by atoms with E-state index in [2.05, 4.69) is 10.3 Å². The molecule has 0 aliphatic carbocycles. The van der Waals surface area contributed by atoms with E-state index in [1.165, 1.54) is 23.8 Å². The lowest BCUT2D eigenvalue weighted by Gasteiger charge is -2.40. The zero-order valence-electron chi connectivity index (χ0n) is 17.6. The molecule has 0 spiro atoms. The lowest BCUT2D eigenvalue weighted by molar-refractivity contribution is -0.150. The van der Waals surface area contributed by atoms with Gasteiger partial charge in [0, 0.05) is 50.6 Å². The zero-order chi connectivity index (χ0) is 22.5. The maximum atomic E-state index is 13.1. The molecule has 0 saturated carbocycles. The van der Waals surface area contributed by atoms with Gasteiger partial charge in [0.05, 0.1) is 6.54 Å². The maximum Gasteiger partial charge on any atom is 0.249 e. The lowest BCUT2D eigenvalue weighted by Crippen LogP contribution is -2.63. The molecule has 1 aromatic heterocycles. The molecule has 2 aromatic rings. The lowest BCUT2D eigenvalue weighted by atomic mass is 10.0. The second-order valence-corrected chi connectivity index (χ2v) is 7.53. The largest absolute Gasteiger partial charge is 0.375 e. The molecule has 1 aliphatic rings. The van der Waals surface area contributed by atoms with Crippen LogP contribution in [0.25, 0.3) is 10.9 Å². The first-order chi connectivity index (χ1) is 14.8. The van der Waals surface area contributed by atoms with Gasteiger partial charge in [0.2, 0.25) is 23.6 Å². The number of hydrogen-bond donors (Lipinski definition) is 3. The molecule has 10 heteroatoms. The molecule has 4 N–H and O–H groups in total. The number of rotatable bonds is 7. The average Bonchev–Trinajstić information content (AvgIpc) is 3.15. The number of amides is 4. The normalized spacial score (nSPS) is 17.4. The van der Waals surface area contributed by atoms with Crippen LogP contribution in [0.3, 0.4) is 0 Å². The van der Waals surface area contributed by atoms with Crippen molar-refractivity contribution in [2.75, 3.05) is 33.4 Å². The summed E-state index contributed by atoms with van der Waals surface area (Å²) in [6.07, 6.45) is 1.97. The van der Waals surface area contributed by atoms with E-state index in [1.807, 2.05) is 24.3 Å². The summed E-state index contributed by atoms with van der Waals surface area (Å²) in [7, 11) is 1.39. The summed E-state index contributed by atoms with van der Waals surface area (Å²) in [6, 6.07) is 5.69. The van der Waals surface area contributed by atoms with Crippen molar-refractivity contribution in [3.63, 3.8) is 0 Å². The molecule has 1 aliphatic heterocycles. The Hall–Kier alpha value is -3.40. The van der Waals surface area contributed by atoms with E-state index in [-0.39, 0.29) is 37.9 Å². The van der Waals surface area contributed by atoms with Gasteiger partial charge in [-0.3, -0.25) is 19.2 Å². The maximum absolute atomic E-state index is 13.1. The summed E-state index contributed by atoms with van der Waals surface area (Å²) < 4.78 is 4.91. The highest BCUT2D eigenvalue weighted by atomic mass is 16.5. The molecular formula is C21H27N5O5. The fraction of sp³-hybridized carbons (Fsp3) is 0.429. The number of methoxy groups -OCH3 is 1. The number of nitrogens with two attached hydrogens (primary N) is 1. The highest BCUT2D eigenvalue weighted by Crippen LogP contribution is 2.19. The highest BCUT2D eigenvalue weighted by Gasteiger charge is 2.37. The number of nitrogens with one attached hydrogen (secondary N) is 2. The number of nitrogens with zero attached hydrogens (tertiary/aromatic N) is 2. The average molecular weight is 429 g/mol. The summed E-state index contributed by atoms with van der Waals surface area (Å²) in [5, 5.41) is 3.61. The van der Waals surface area contributed by atoms with Crippen LogP contribution in [0.4, 0.5) is 0 Å². The van der Waals surface area contributed by atoms with Gasteiger partial charge in [-0.1, -0.05) is 18.2 Å². The van der Waals surface area contributed by atoms with Gasteiger partial charge in [0.1, 0.15) is 18.7 Å². The predicted octanol–water partition coefficient (Wildman–Crippen LogP) is -0.614. The van der Waals surface area contributed by atoms with Crippen LogP contribution in [0.1, 0.15) is 12.5 Å². The van der Waals surface area contributed by atoms with Crippen molar-refractivity contribution in [2.24, 2.45) is 5.73 Å². The van der Waals surface area contributed by atoms with E-state index in [1.54, 1.807) is 6.20 Å². The van der Waals surface area contributed by atoms with Crippen LogP contribution >= 0.6 is 0 Å². The number of benzene rings is 1. The fourth-order valence-corrected chi connectivity index (χ4v) is 3.81. The third-order valence-corrected chi connectivity index (χ3v) is 5.48. The first kappa shape index (κ1) is 22.3. The summed E-state index contributed by atoms with van der Waals surface area (Å²) in [5.74, 6) is -1.79. The third kappa shape index (κ3) is 5.02. The molecule has 10 nitrogen and oxygen atoms in total. The molecule has 166 valence electrons. The van der Waals surface area contributed by atoms with E-state index >= 15 is 0 Å². The quantitative estimate of drug-likeness (QED) is 0.539. The molecule has 2 heterocycles. The monoisotopic (exact) mass is 429 g/mol. The van der Waals surface area contributed by atoms with Crippen LogP contribution in [-0.4, -0.2) is 83.8 Å². The van der Waals surface area contributed by atoms with Crippen LogP contribution in [0.15, 0.2) is 30.5 Å². The number of ether oxygens (including phenoxy) is 1. The van der Waals surface area contributed by atoms with E-state index in [0.717, 1.165) is 16.5 Å². The summed E-state index contributed by atoms with van der Waals surface area (Å²) >= 11 is 0. The van der Waals surface area contributed by atoms with Gasteiger partial charge in [0.15, 0.2) is 0 Å². The number of H-pyrrole nitrogens is 1. The van der Waals surface area contributed by atoms with Gasteiger partial charge in [-0.05, 0) is 11.6 Å². The number of piperazine rings is 1.